The molecule has 0 saturated heterocycles. The Morgan fingerprint density at radius 2 is 1.69 bits per heavy atom. The number of hydrogen-bond acceptors (Lipinski definition) is 7. The molecule has 1 aromatic carbocycles. The van der Waals surface area contributed by atoms with Crippen LogP contribution in [0.15, 0.2) is 30.6 Å². The monoisotopic (exact) mass is 414 g/mol. The topological polar surface area (TPSA) is 109 Å². The molecule has 0 unspecified atom stereocenters. The number of aromatic nitrogens is 2. The van der Waals surface area contributed by atoms with Crippen molar-refractivity contribution in [1.82, 2.24) is 15.3 Å². The quantitative estimate of drug-likeness (QED) is 0.761. The standard InChI is InChI=1S/C18H21F3N4O4/c1-17(2,3)29-16(26)25-13(18(19,20)21)10-5-7-11(8-6-10)28-15-12(22)14(27-4)23-9-24-15/h5-9,13H,22H2,1-4H3,(H,25,26)/t13-/m0/s1. The van der Waals surface area contributed by atoms with Crippen LogP contribution in [0.25, 0.3) is 0 Å². The average Bonchev–Trinajstić information content (AvgIpc) is 2.60. The zero-order valence-corrected chi connectivity index (χ0v) is 16.2. The summed E-state index contributed by atoms with van der Waals surface area (Å²) in [4.78, 5) is 19.5. The van der Waals surface area contributed by atoms with Gasteiger partial charge in [0.2, 0.25) is 11.8 Å². The number of methoxy groups -OCH3 is 1. The minimum Gasteiger partial charge on any atom is -0.479 e. The number of halogens is 3. The van der Waals surface area contributed by atoms with E-state index >= 15 is 0 Å². The van der Waals surface area contributed by atoms with Crippen LogP contribution in [0.1, 0.15) is 32.4 Å². The van der Waals surface area contributed by atoms with E-state index in [1.807, 2.05) is 5.32 Å². The van der Waals surface area contributed by atoms with E-state index in [1.54, 1.807) is 20.8 Å². The summed E-state index contributed by atoms with van der Waals surface area (Å²) in [6.07, 6.45) is -4.74. The summed E-state index contributed by atoms with van der Waals surface area (Å²) in [6, 6.07) is 2.66. The van der Waals surface area contributed by atoms with E-state index in [0.29, 0.717) is 0 Å². The third-order valence-corrected chi connectivity index (χ3v) is 3.42. The molecule has 2 aromatic rings. The summed E-state index contributed by atoms with van der Waals surface area (Å²) in [6.45, 7) is 4.65. The van der Waals surface area contributed by atoms with Crippen LogP contribution in [0.2, 0.25) is 0 Å². The van der Waals surface area contributed by atoms with E-state index in [2.05, 4.69) is 9.97 Å². The summed E-state index contributed by atoms with van der Waals surface area (Å²) in [5.41, 5.74) is 4.70. The second-order valence-corrected chi connectivity index (χ2v) is 6.89. The van der Waals surface area contributed by atoms with Gasteiger partial charge in [-0.15, -0.1) is 0 Å². The van der Waals surface area contributed by atoms with Crippen molar-refractivity contribution in [2.24, 2.45) is 0 Å². The van der Waals surface area contributed by atoms with Gasteiger partial charge in [-0.2, -0.15) is 23.1 Å². The molecule has 29 heavy (non-hydrogen) atoms. The van der Waals surface area contributed by atoms with Crippen molar-refractivity contribution in [1.29, 1.82) is 0 Å². The van der Waals surface area contributed by atoms with Gasteiger partial charge < -0.3 is 25.3 Å². The molecule has 8 nitrogen and oxygen atoms in total. The number of rotatable bonds is 5. The van der Waals surface area contributed by atoms with E-state index < -0.39 is 23.9 Å². The van der Waals surface area contributed by atoms with Gasteiger partial charge in [-0.3, -0.25) is 0 Å². The molecule has 1 atom stereocenters. The van der Waals surface area contributed by atoms with Gasteiger partial charge in [-0.25, -0.2) is 4.79 Å². The van der Waals surface area contributed by atoms with E-state index in [1.165, 1.54) is 37.7 Å². The fraction of sp³-hybridized carbons (Fsp3) is 0.389. The molecule has 1 heterocycles. The molecule has 0 radical (unpaired) electrons. The number of nitrogen functional groups attached to an aromatic ring is 1. The highest BCUT2D eigenvalue weighted by atomic mass is 19.4. The largest absolute Gasteiger partial charge is 0.479 e. The molecule has 0 aliphatic rings. The number of carbonyl (C=O) groups excluding carboxylic acids is 1. The Kier molecular flexibility index (Phi) is 6.40. The van der Waals surface area contributed by atoms with Gasteiger partial charge in [0.15, 0.2) is 11.7 Å². The fourth-order valence-corrected chi connectivity index (χ4v) is 2.23. The number of nitrogens with one attached hydrogen (secondary N) is 1. The molecule has 0 aliphatic heterocycles. The van der Waals surface area contributed by atoms with Gasteiger partial charge in [0.25, 0.3) is 0 Å². The Balaban J connectivity index is 2.20. The normalized spacial score (nSPS) is 12.8. The summed E-state index contributed by atoms with van der Waals surface area (Å²) in [5.74, 6) is 0.272. The number of nitrogens with zero attached hydrogens (tertiary/aromatic N) is 2. The molecule has 0 saturated carbocycles. The number of anilines is 1. The lowest BCUT2D eigenvalue weighted by Crippen LogP contribution is -2.41. The lowest BCUT2D eigenvalue weighted by Gasteiger charge is -2.25. The molecule has 0 aliphatic carbocycles. The van der Waals surface area contributed by atoms with Crippen molar-refractivity contribution in [2.75, 3.05) is 12.8 Å². The second-order valence-electron chi connectivity index (χ2n) is 6.89. The third kappa shape index (κ3) is 6.13. The highest BCUT2D eigenvalue weighted by Crippen LogP contribution is 2.35. The molecule has 11 heteroatoms. The van der Waals surface area contributed by atoms with Crippen molar-refractivity contribution in [3.63, 3.8) is 0 Å². The molecule has 0 bridgehead atoms. The van der Waals surface area contributed by atoms with Gasteiger partial charge >= 0.3 is 12.3 Å². The maximum atomic E-state index is 13.4. The van der Waals surface area contributed by atoms with Gasteiger partial charge in [0.1, 0.15) is 17.7 Å². The zero-order valence-electron chi connectivity index (χ0n) is 16.2. The highest BCUT2D eigenvalue weighted by Gasteiger charge is 2.42. The first kappa shape index (κ1) is 22.1. The molecule has 1 aromatic heterocycles. The maximum absolute atomic E-state index is 13.4. The van der Waals surface area contributed by atoms with Crippen LogP contribution in [0.5, 0.6) is 17.5 Å². The van der Waals surface area contributed by atoms with Crippen molar-refractivity contribution in [2.45, 2.75) is 38.6 Å². The predicted octanol–water partition coefficient (Wildman–Crippen LogP) is 3.99. The van der Waals surface area contributed by atoms with Crippen LogP contribution in [0.4, 0.5) is 23.7 Å². The number of carbonyl (C=O) groups is 1. The summed E-state index contributed by atoms with van der Waals surface area (Å²) < 4.78 is 55.6. The number of alkyl halides is 3. The van der Waals surface area contributed by atoms with E-state index in [0.717, 1.165) is 0 Å². The van der Waals surface area contributed by atoms with Gasteiger partial charge in [-0.1, -0.05) is 12.1 Å². The lowest BCUT2D eigenvalue weighted by atomic mass is 10.1. The third-order valence-electron chi connectivity index (χ3n) is 3.42. The van der Waals surface area contributed by atoms with Crippen molar-refractivity contribution < 1.29 is 32.2 Å². The summed E-state index contributed by atoms with van der Waals surface area (Å²) in [5, 5.41) is 1.84. The molecule has 2 rings (SSSR count). The summed E-state index contributed by atoms with van der Waals surface area (Å²) >= 11 is 0. The summed E-state index contributed by atoms with van der Waals surface area (Å²) in [7, 11) is 1.37. The lowest BCUT2D eigenvalue weighted by molar-refractivity contribution is -0.156. The molecule has 158 valence electrons. The van der Waals surface area contributed by atoms with Gasteiger partial charge in [0.05, 0.1) is 7.11 Å². The van der Waals surface area contributed by atoms with Crippen molar-refractivity contribution >= 4 is 11.8 Å². The number of nitrogens with two attached hydrogens (primary N) is 1. The van der Waals surface area contributed by atoms with Crippen molar-refractivity contribution in [3.8, 4) is 17.5 Å². The molecule has 0 spiro atoms. The molecular weight excluding hydrogens is 393 g/mol. The van der Waals surface area contributed by atoms with Crippen LogP contribution in [-0.2, 0) is 4.74 Å². The Hall–Kier alpha value is -3.24. The minimum absolute atomic E-state index is 0.0103. The Bertz CT molecular complexity index is 852. The predicted molar refractivity (Wildman–Crippen MR) is 97.7 cm³/mol. The van der Waals surface area contributed by atoms with Crippen LogP contribution in [0, 0.1) is 0 Å². The number of alkyl carbamates (subject to hydrolysis) is 1. The molecule has 3 N–H and O–H groups in total. The first-order valence-electron chi connectivity index (χ1n) is 8.39. The number of benzene rings is 1. The average molecular weight is 414 g/mol. The smallest absolute Gasteiger partial charge is 0.412 e. The van der Waals surface area contributed by atoms with E-state index in [4.69, 9.17) is 19.9 Å². The van der Waals surface area contributed by atoms with Gasteiger partial charge in [0, 0.05) is 0 Å². The molecular formula is C18H21F3N4O4. The highest BCUT2D eigenvalue weighted by molar-refractivity contribution is 5.68. The zero-order chi connectivity index (χ0) is 21.8. The Morgan fingerprint density at radius 1 is 1.10 bits per heavy atom. The Labute approximate surface area is 165 Å². The van der Waals surface area contributed by atoms with E-state index in [-0.39, 0.29) is 28.8 Å². The first-order valence-corrected chi connectivity index (χ1v) is 8.39. The number of ether oxygens (including phenoxy) is 3. The van der Waals surface area contributed by atoms with Crippen LogP contribution >= 0.6 is 0 Å². The SMILES string of the molecule is COc1ncnc(Oc2ccc([C@H](NC(=O)OC(C)(C)C)C(F)(F)F)cc2)c1N. The Morgan fingerprint density at radius 3 is 2.21 bits per heavy atom. The maximum Gasteiger partial charge on any atom is 0.412 e. The van der Waals surface area contributed by atoms with Crippen LogP contribution in [0.3, 0.4) is 0 Å². The fourth-order valence-electron chi connectivity index (χ4n) is 2.23. The minimum atomic E-state index is -4.73. The van der Waals surface area contributed by atoms with Crippen LogP contribution in [-0.4, -0.2) is 34.9 Å². The molecule has 0 fully saturated rings. The second kappa shape index (κ2) is 8.41. The van der Waals surface area contributed by atoms with Gasteiger partial charge in [-0.05, 0) is 38.5 Å². The van der Waals surface area contributed by atoms with E-state index in [9.17, 15) is 18.0 Å². The van der Waals surface area contributed by atoms with Crippen molar-refractivity contribution in [3.05, 3.63) is 36.2 Å². The number of hydrogen-bond donors (Lipinski definition) is 2. The first-order chi connectivity index (χ1) is 13.4. The number of amides is 1. The van der Waals surface area contributed by atoms with Crippen LogP contribution < -0.4 is 20.5 Å². The molecule has 1 amide bonds.